The molecule has 0 unspecified atom stereocenters. The van der Waals surface area contributed by atoms with Crippen molar-refractivity contribution in [3.63, 3.8) is 0 Å². The minimum atomic E-state index is -1.26. The summed E-state index contributed by atoms with van der Waals surface area (Å²) in [4.78, 5) is 37.6. The van der Waals surface area contributed by atoms with Crippen molar-refractivity contribution in [2.45, 2.75) is 38.8 Å². The molecule has 2 N–H and O–H groups in total. The van der Waals surface area contributed by atoms with Crippen LogP contribution >= 0.6 is 0 Å². The van der Waals surface area contributed by atoms with Gasteiger partial charge in [-0.2, -0.15) is 0 Å². The van der Waals surface area contributed by atoms with E-state index in [1.807, 2.05) is 0 Å². The smallest absolute Gasteiger partial charge is 0.325 e. The van der Waals surface area contributed by atoms with Gasteiger partial charge in [-0.1, -0.05) is 19.1 Å². The van der Waals surface area contributed by atoms with Crippen molar-refractivity contribution in [2.24, 2.45) is 0 Å². The number of carbonyl (C=O) groups excluding carboxylic acids is 3. The lowest BCUT2D eigenvalue weighted by atomic mass is 9.87. The van der Waals surface area contributed by atoms with Gasteiger partial charge in [0.15, 0.2) is 0 Å². The van der Waals surface area contributed by atoms with Crippen LogP contribution in [-0.2, 0) is 15.1 Å². The molecule has 0 aromatic heterocycles. The Kier molecular flexibility index (Phi) is 4.68. The van der Waals surface area contributed by atoms with E-state index in [-0.39, 0.29) is 12.6 Å². The second-order valence-electron chi connectivity index (χ2n) is 5.81. The van der Waals surface area contributed by atoms with Gasteiger partial charge in [-0.15, -0.1) is 0 Å². The first-order valence-electron chi connectivity index (χ1n) is 7.49. The highest BCUT2D eigenvalue weighted by molar-refractivity contribution is 6.09. The third-order valence-corrected chi connectivity index (χ3v) is 3.79. The van der Waals surface area contributed by atoms with Crippen LogP contribution in [0, 0.1) is 5.82 Å². The van der Waals surface area contributed by atoms with E-state index in [0.717, 1.165) is 4.90 Å². The first-order chi connectivity index (χ1) is 10.8. The molecule has 0 bridgehead atoms. The fourth-order valence-corrected chi connectivity index (χ4v) is 2.65. The Bertz CT molecular complexity index is 630. The number of benzene rings is 1. The summed E-state index contributed by atoms with van der Waals surface area (Å²) in [5.74, 6) is -1.34. The van der Waals surface area contributed by atoms with Crippen LogP contribution in [0.25, 0.3) is 0 Å². The Morgan fingerprint density at radius 3 is 2.43 bits per heavy atom. The summed E-state index contributed by atoms with van der Waals surface area (Å²) in [6.45, 7) is 4.99. The molecule has 6 nitrogen and oxygen atoms in total. The second kappa shape index (κ2) is 6.36. The number of rotatable bonds is 5. The van der Waals surface area contributed by atoms with Crippen LogP contribution in [0.15, 0.2) is 24.3 Å². The Morgan fingerprint density at radius 1 is 1.30 bits per heavy atom. The molecule has 7 heteroatoms. The molecule has 0 radical (unpaired) electrons. The molecule has 0 aliphatic carbocycles. The van der Waals surface area contributed by atoms with Gasteiger partial charge in [0, 0.05) is 6.04 Å². The maximum atomic E-state index is 13.1. The van der Waals surface area contributed by atoms with Gasteiger partial charge in [0.05, 0.1) is 0 Å². The van der Waals surface area contributed by atoms with E-state index in [1.54, 1.807) is 20.8 Å². The van der Waals surface area contributed by atoms with Crippen LogP contribution < -0.4 is 10.6 Å². The molecule has 1 aliphatic rings. The molecule has 23 heavy (non-hydrogen) atoms. The van der Waals surface area contributed by atoms with Gasteiger partial charge >= 0.3 is 6.03 Å². The van der Waals surface area contributed by atoms with Gasteiger partial charge in [0.2, 0.25) is 5.91 Å². The van der Waals surface area contributed by atoms with E-state index in [0.29, 0.717) is 12.0 Å². The quantitative estimate of drug-likeness (QED) is 0.807. The number of carbonyl (C=O) groups is 3. The average molecular weight is 321 g/mol. The molecule has 1 heterocycles. The number of hydrogen-bond donors (Lipinski definition) is 2. The zero-order valence-corrected chi connectivity index (χ0v) is 13.4. The highest BCUT2D eigenvalue weighted by Crippen LogP contribution is 2.32. The van der Waals surface area contributed by atoms with Crippen LogP contribution in [0.1, 0.15) is 32.8 Å². The fraction of sp³-hybridized carbons (Fsp3) is 0.438. The van der Waals surface area contributed by atoms with Gasteiger partial charge in [-0.3, -0.25) is 14.5 Å². The molecule has 2 rings (SSSR count). The van der Waals surface area contributed by atoms with Gasteiger partial charge in [-0.25, -0.2) is 9.18 Å². The van der Waals surface area contributed by atoms with Crippen molar-refractivity contribution in [3.05, 3.63) is 35.6 Å². The van der Waals surface area contributed by atoms with Gasteiger partial charge in [-0.05, 0) is 38.0 Å². The summed E-state index contributed by atoms with van der Waals surface area (Å²) in [7, 11) is 0. The number of nitrogens with one attached hydrogen (secondary N) is 2. The number of nitrogens with zero attached hydrogens (tertiary/aromatic N) is 1. The maximum Gasteiger partial charge on any atom is 0.325 e. The summed E-state index contributed by atoms with van der Waals surface area (Å²) >= 11 is 0. The largest absolute Gasteiger partial charge is 0.352 e. The van der Waals surface area contributed by atoms with E-state index in [4.69, 9.17) is 0 Å². The van der Waals surface area contributed by atoms with Crippen LogP contribution in [0.4, 0.5) is 9.18 Å². The first kappa shape index (κ1) is 16.9. The standard InChI is InChI=1S/C16H20FN3O3/c1-4-16(11-5-7-12(17)8-6-11)14(22)20(15(23)19-16)9-13(21)18-10(2)3/h5-8,10H,4,9H2,1-3H3,(H,18,21)(H,19,23)/t16-/m1/s1. The normalized spacial score (nSPS) is 20.8. The predicted molar refractivity (Wildman–Crippen MR) is 81.9 cm³/mol. The van der Waals surface area contributed by atoms with Crippen LogP contribution in [-0.4, -0.2) is 35.3 Å². The maximum absolute atomic E-state index is 13.1. The van der Waals surface area contributed by atoms with Crippen LogP contribution in [0.3, 0.4) is 0 Å². The summed E-state index contributed by atoms with van der Waals surface area (Å²) < 4.78 is 13.1. The number of halogens is 1. The van der Waals surface area contributed by atoms with Crippen LogP contribution in [0.5, 0.6) is 0 Å². The lowest BCUT2D eigenvalue weighted by Crippen LogP contribution is -2.45. The van der Waals surface area contributed by atoms with E-state index >= 15 is 0 Å². The zero-order valence-electron chi connectivity index (χ0n) is 13.4. The van der Waals surface area contributed by atoms with Crippen molar-refractivity contribution in [3.8, 4) is 0 Å². The average Bonchev–Trinajstić information content (AvgIpc) is 2.72. The van der Waals surface area contributed by atoms with Crippen molar-refractivity contribution in [2.75, 3.05) is 6.54 Å². The van der Waals surface area contributed by atoms with Crippen molar-refractivity contribution < 1.29 is 18.8 Å². The molecule has 1 aliphatic heterocycles. The summed E-state index contributed by atoms with van der Waals surface area (Å²) in [5.41, 5.74) is -0.769. The molecule has 1 fully saturated rings. The lowest BCUT2D eigenvalue weighted by molar-refractivity contribution is -0.135. The Hall–Kier alpha value is -2.44. The van der Waals surface area contributed by atoms with Crippen LogP contribution in [0.2, 0.25) is 0 Å². The molecular weight excluding hydrogens is 301 g/mol. The predicted octanol–water partition coefficient (Wildman–Crippen LogP) is 1.51. The Balaban J connectivity index is 2.27. The molecule has 4 amide bonds. The summed E-state index contributed by atoms with van der Waals surface area (Å²) in [6, 6.07) is 4.70. The second-order valence-corrected chi connectivity index (χ2v) is 5.81. The summed E-state index contributed by atoms with van der Waals surface area (Å²) in [6.07, 6.45) is 0.297. The third-order valence-electron chi connectivity index (χ3n) is 3.79. The van der Waals surface area contributed by atoms with Crippen molar-refractivity contribution in [1.82, 2.24) is 15.5 Å². The number of urea groups is 1. The molecule has 1 aromatic carbocycles. The number of hydrogen-bond acceptors (Lipinski definition) is 3. The lowest BCUT2D eigenvalue weighted by Gasteiger charge is -2.25. The zero-order chi connectivity index (χ0) is 17.2. The monoisotopic (exact) mass is 321 g/mol. The molecule has 1 saturated heterocycles. The van der Waals surface area contributed by atoms with E-state index < -0.39 is 29.2 Å². The number of imide groups is 1. The highest BCUT2D eigenvalue weighted by atomic mass is 19.1. The van der Waals surface area contributed by atoms with E-state index in [2.05, 4.69) is 10.6 Å². The SMILES string of the molecule is CC[C@]1(c2ccc(F)cc2)NC(=O)N(CC(=O)NC(C)C)C1=O. The highest BCUT2D eigenvalue weighted by Gasteiger charge is 2.51. The molecular formula is C16H20FN3O3. The minimum absolute atomic E-state index is 0.0868. The van der Waals surface area contributed by atoms with Gasteiger partial charge in [0.1, 0.15) is 17.9 Å². The topological polar surface area (TPSA) is 78.5 Å². The Labute approximate surface area is 134 Å². The molecule has 124 valence electrons. The van der Waals surface area contributed by atoms with E-state index in [9.17, 15) is 18.8 Å². The molecule has 0 saturated carbocycles. The van der Waals surface area contributed by atoms with Crippen molar-refractivity contribution in [1.29, 1.82) is 0 Å². The molecule has 1 aromatic rings. The summed E-state index contributed by atoms with van der Waals surface area (Å²) in [5, 5.41) is 5.29. The third kappa shape index (κ3) is 3.18. The van der Waals surface area contributed by atoms with E-state index in [1.165, 1.54) is 24.3 Å². The van der Waals surface area contributed by atoms with Gasteiger partial charge < -0.3 is 10.6 Å². The Morgan fingerprint density at radius 2 is 1.91 bits per heavy atom. The minimum Gasteiger partial charge on any atom is -0.352 e. The van der Waals surface area contributed by atoms with Crippen molar-refractivity contribution >= 4 is 17.8 Å². The molecule has 0 spiro atoms. The number of amides is 4. The first-order valence-corrected chi connectivity index (χ1v) is 7.49. The fourth-order valence-electron chi connectivity index (χ4n) is 2.65. The van der Waals surface area contributed by atoms with Gasteiger partial charge in [0.25, 0.3) is 5.91 Å². The molecule has 1 atom stereocenters.